The molecule has 0 aliphatic carbocycles. The van der Waals surface area contributed by atoms with Gasteiger partial charge in [0.05, 0.1) is 5.71 Å². The normalized spacial score (nSPS) is 11.5. The van der Waals surface area contributed by atoms with Crippen molar-refractivity contribution in [2.45, 2.75) is 78.1 Å². The SMILES string of the molecule is CCCCCCCCCCCC(=O)N/N=C(\C)c1ccncc1. The molecule has 0 saturated heterocycles. The first-order chi connectivity index (χ1) is 11.2. The largest absolute Gasteiger partial charge is 0.273 e. The number of rotatable bonds is 12. The second kappa shape index (κ2) is 12.8. The zero-order chi connectivity index (χ0) is 16.8. The highest BCUT2D eigenvalue weighted by Crippen LogP contribution is 2.10. The highest BCUT2D eigenvalue weighted by molar-refractivity contribution is 5.99. The Kier molecular flexibility index (Phi) is 10.8. The number of aromatic nitrogens is 1. The number of amides is 1. The number of carbonyl (C=O) groups excluding carboxylic acids is 1. The molecular formula is C19H31N3O. The van der Waals surface area contributed by atoms with Crippen LogP contribution in [0.2, 0.25) is 0 Å². The molecular weight excluding hydrogens is 286 g/mol. The molecule has 0 unspecified atom stereocenters. The quantitative estimate of drug-likeness (QED) is 0.340. The van der Waals surface area contributed by atoms with Crippen molar-refractivity contribution >= 4 is 11.6 Å². The molecule has 128 valence electrons. The lowest BCUT2D eigenvalue weighted by Gasteiger charge is -2.03. The minimum atomic E-state index is 0.00125. The van der Waals surface area contributed by atoms with Gasteiger partial charge in [0.2, 0.25) is 5.91 Å². The van der Waals surface area contributed by atoms with Gasteiger partial charge in [-0.1, -0.05) is 58.3 Å². The molecule has 4 nitrogen and oxygen atoms in total. The van der Waals surface area contributed by atoms with E-state index in [4.69, 9.17) is 0 Å². The monoisotopic (exact) mass is 317 g/mol. The van der Waals surface area contributed by atoms with E-state index >= 15 is 0 Å². The van der Waals surface area contributed by atoms with Gasteiger partial charge in [0.15, 0.2) is 0 Å². The first-order valence-electron chi connectivity index (χ1n) is 8.97. The second-order valence-corrected chi connectivity index (χ2v) is 6.05. The summed E-state index contributed by atoms with van der Waals surface area (Å²) in [6.45, 7) is 4.13. The van der Waals surface area contributed by atoms with Crippen LogP contribution in [0.1, 0.15) is 83.6 Å². The number of hydrazone groups is 1. The number of nitrogens with zero attached hydrogens (tertiary/aromatic N) is 2. The molecule has 0 aliphatic heterocycles. The van der Waals surface area contributed by atoms with Crippen LogP contribution in [0.5, 0.6) is 0 Å². The molecule has 0 aliphatic rings. The molecule has 1 heterocycles. The van der Waals surface area contributed by atoms with Gasteiger partial charge in [-0.05, 0) is 25.5 Å². The first-order valence-corrected chi connectivity index (χ1v) is 8.97. The van der Waals surface area contributed by atoms with Crippen LogP contribution in [-0.2, 0) is 4.79 Å². The van der Waals surface area contributed by atoms with E-state index in [1.165, 1.54) is 44.9 Å². The summed E-state index contributed by atoms with van der Waals surface area (Å²) in [6, 6.07) is 3.76. The summed E-state index contributed by atoms with van der Waals surface area (Å²) in [7, 11) is 0. The van der Waals surface area contributed by atoms with Crippen molar-refractivity contribution in [2.24, 2.45) is 5.10 Å². The number of hydrogen-bond donors (Lipinski definition) is 1. The molecule has 0 spiro atoms. The number of hydrogen-bond acceptors (Lipinski definition) is 3. The zero-order valence-electron chi connectivity index (χ0n) is 14.7. The summed E-state index contributed by atoms with van der Waals surface area (Å²) in [5, 5.41) is 4.14. The summed E-state index contributed by atoms with van der Waals surface area (Å²) < 4.78 is 0. The van der Waals surface area contributed by atoms with Crippen molar-refractivity contribution in [3.05, 3.63) is 30.1 Å². The molecule has 0 radical (unpaired) electrons. The lowest BCUT2D eigenvalue weighted by atomic mass is 10.1. The van der Waals surface area contributed by atoms with E-state index in [0.717, 1.165) is 24.1 Å². The third-order valence-corrected chi connectivity index (χ3v) is 3.95. The fourth-order valence-corrected chi connectivity index (χ4v) is 2.46. The third kappa shape index (κ3) is 9.82. The number of pyridine rings is 1. The molecule has 0 bridgehead atoms. The Balaban J connectivity index is 2.04. The number of unbranched alkanes of at least 4 members (excludes halogenated alkanes) is 8. The van der Waals surface area contributed by atoms with Crippen molar-refractivity contribution < 1.29 is 4.79 Å². The fourth-order valence-electron chi connectivity index (χ4n) is 2.46. The van der Waals surface area contributed by atoms with E-state index < -0.39 is 0 Å². The number of nitrogens with one attached hydrogen (secondary N) is 1. The Morgan fingerprint density at radius 1 is 1.00 bits per heavy atom. The van der Waals surface area contributed by atoms with Crippen molar-refractivity contribution in [3.63, 3.8) is 0 Å². The lowest BCUT2D eigenvalue weighted by molar-refractivity contribution is -0.121. The Labute approximate surface area is 140 Å². The minimum absolute atomic E-state index is 0.00125. The average Bonchev–Trinajstić information content (AvgIpc) is 2.59. The van der Waals surface area contributed by atoms with Crippen LogP contribution in [-0.4, -0.2) is 16.6 Å². The maximum absolute atomic E-state index is 11.8. The summed E-state index contributed by atoms with van der Waals surface area (Å²) in [5.41, 5.74) is 4.41. The Bertz CT molecular complexity index is 457. The minimum Gasteiger partial charge on any atom is -0.273 e. The van der Waals surface area contributed by atoms with Crippen LogP contribution >= 0.6 is 0 Å². The summed E-state index contributed by atoms with van der Waals surface area (Å²) >= 11 is 0. The smallest absolute Gasteiger partial charge is 0.240 e. The predicted molar refractivity (Wildman–Crippen MR) is 96.4 cm³/mol. The van der Waals surface area contributed by atoms with Gasteiger partial charge in [-0.15, -0.1) is 0 Å². The van der Waals surface area contributed by atoms with Gasteiger partial charge in [-0.2, -0.15) is 5.10 Å². The van der Waals surface area contributed by atoms with Crippen molar-refractivity contribution in [2.75, 3.05) is 0 Å². The molecule has 0 fully saturated rings. The Morgan fingerprint density at radius 3 is 2.17 bits per heavy atom. The number of carbonyl (C=O) groups is 1. The Morgan fingerprint density at radius 2 is 1.57 bits per heavy atom. The maximum Gasteiger partial charge on any atom is 0.240 e. The molecule has 0 aromatic carbocycles. The Hall–Kier alpha value is -1.71. The highest BCUT2D eigenvalue weighted by Gasteiger charge is 2.01. The molecule has 4 heteroatoms. The average molecular weight is 317 g/mol. The van der Waals surface area contributed by atoms with Gasteiger partial charge < -0.3 is 0 Å². The van der Waals surface area contributed by atoms with E-state index in [-0.39, 0.29) is 5.91 Å². The summed E-state index contributed by atoms with van der Waals surface area (Å²) in [4.78, 5) is 15.7. The van der Waals surface area contributed by atoms with Crippen molar-refractivity contribution in [3.8, 4) is 0 Å². The zero-order valence-corrected chi connectivity index (χ0v) is 14.7. The van der Waals surface area contributed by atoms with Gasteiger partial charge in [0.25, 0.3) is 0 Å². The van der Waals surface area contributed by atoms with Gasteiger partial charge in [-0.3, -0.25) is 9.78 Å². The second-order valence-electron chi connectivity index (χ2n) is 6.05. The van der Waals surface area contributed by atoms with Crippen LogP contribution in [0.4, 0.5) is 0 Å². The molecule has 0 saturated carbocycles. The van der Waals surface area contributed by atoms with Gasteiger partial charge in [0, 0.05) is 24.4 Å². The van der Waals surface area contributed by atoms with E-state index in [2.05, 4.69) is 22.4 Å². The van der Waals surface area contributed by atoms with Crippen molar-refractivity contribution in [1.29, 1.82) is 0 Å². The van der Waals surface area contributed by atoms with Crippen LogP contribution < -0.4 is 5.43 Å². The molecule has 0 atom stereocenters. The first kappa shape index (κ1) is 19.3. The van der Waals surface area contributed by atoms with E-state index in [9.17, 15) is 4.79 Å². The van der Waals surface area contributed by atoms with E-state index in [0.29, 0.717) is 6.42 Å². The van der Waals surface area contributed by atoms with E-state index in [1.54, 1.807) is 12.4 Å². The third-order valence-electron chi connectivity index (χ3n) is 3.95. The van der Waals surface area contributed by atoms with E-state index in [1.807, 2.05) is 19.1 Å². The standard InChI is InChI=1S/C19H31N3O/c1-3-4-5-6-7-8-9-10-11-12-19(23)22-21-17(2)18-13-15-20-16-14-18/h13-16H,3-12H2,1-2H3,(H,22,23)/b21-17+. The summed E-state index contributed by atoms with van der Waals surface area (Å²) in [6.07, 6.45) is 15.3. The molecule has 23 heavy (non-hydrogen) atoms. The molecule has 1 N–H and O–H groups in total. The van der Waals surface area contributed by atoms with Crippen LogP contribution in [0.3, 0.4) is 0 Å². The molecule has 1 rings (SSSR count). The molecule has 1 amide bonds. The van der Waals surface area contributed by atoms with Crippen LogP contribution in [0, 0.1) is 0 Å². The van der Waals surface area contributed by atoms with Crippen LogP contribution in [0.25, 0.3) is 0 Å². The van der Waals surface area contributed by atoms with Crippen molar-refractivity contribution in [1.82, 2.24) is 10.4 Å². The fraction of sp³-hybridized carbons (Fsp3) is 0.632. The highest BCUT2D eigenvalue weighted by atomic mass is 16.2. The van der Waals surface area contributed by atoms with Gasteiger partial charge in [-0.25, -0.2) is 5.43 Å². The van der Waals surface area contributed by atoms with Crippen LogP contribution in [0.15, 0.2) is 29.6 Å². The molecule has 1 aromatic heterocycles. The van der Waals surface area contributed by atoms with Gasteiger partial charge >= 0.3 is 0 Å². The predicted octanol–water partition coefficient (Wildman–Crippen LogP) is 4.84. The van der Waals surface area contributed by atoms with Gasteiger partial charge in [0.1, 0.15) is 0 Å². The maximum atomic E-state index is 11.8. The topological polar surface area (TPSA) is 54.4 Å². The lowest BCUT2D eigenvalue weighted by Crippen LogP contribution is -2.18. The summed E-state index contributed by atoms with van der Waals surface area (Å²) in [5.74, 6) is 0.00125. The molecule has 1 aromatic rings.